The zero-order valence-corrected chi connectivity index (χ0v) is 12.2. The topological polar surface area (TPSA) is 66.4 Å². The number of aliphatic carboxylic acids is 1. The first kappa shape index (κ1) is 14.9. The number of amides is 1. The SMILES string of the molecule is C#CC(CC)(CC)NC(=O)[C@H]1[C@@H]2CC[C@@H](C2)[C@@H]1C(=O)O. The van der Waals surface area contributed by atoms with Crippen LogP contribution in [-0.2, 0) is 9.59 Å². The molecule has 0 unspecified atom stereocenters. The Hall–Kier alpha value is -1.50. The summed E-state index contributed by atoms with van der Waals surface area (Å²) in [7, 11) is 0. The van der Waals surface area contributed by atoms with E-state index in [4.69, 9.17) is 6.42 Å². The normalized spacial score (nSPS) is 31.9. The molecule has 4 atom stereocenters. The summed E-state index contributed by atoms with van der Waals surface area (Å²) in [5, 5.41) is 12.4. The predicted octanol–water partition coefficient (Wildman–Crippen LogP) is 2.04. The van der Waals surface area contributed by atoms with Crippen molar-refractivity contribution >= 4 is 11.9 Å². The third-order valence-corrected chi connectivity index (χ3v) is 5.35. The van der Waals surface area contributed by atoms with Gasteiger partial charge in [0.15, 0.2) is 0 Å². The Labute approximate surface area is 120 Å². The Kier molecular flexibility index (Phi) is 4.08. The van der Waals surface area contributed by atoms with Gasteiger partial charge >= 0.3 is 5.97 Å². The molecule has 0 aromatic carbocycles. The average molecular weight is 277 g/mol. The molecule has 110 valence electrons. The lowest BCUT2D eigenvalue weighted by atomic mass is 9.78. The summed E-state index contributed by atoms with van der Waals surface area (Å²) in [4.78, 5) is 24.0. The highest BCUT2D eigenvalue weighted by Gasteiger charge is 2.54. The van der Waals surface area contributed by atoms with E-state index in [9.17, 15) is 14.7 Å². The van der Waals surface area contributed by atoms with Gasteiger partial charge in [-0.3, -0.25) is 9.59 Å². The van der Waals surface area contributed by atoms with Crippen molar-refractivity contribution in [3.05, 3.63) is 0 Å². The molecule has 20 heavy (non-hydrogen) atoms. The van der Waals surface area contributed by atoms with Gasteiger partial charge in [-0.1, -0.05) is 19.8 Å². The standard InChI is InChI=1S/C16H23NO3/c1-4-16(5-2,6-3)17-14(18)12-10-7-8-11(9-10)13(12)15(19)20/h1,10-13H,5-9H2,2-3H3,(H,17,18)(H,19,20)/t10-,11+,12+,13+/m1/s1. The van der Waals surface area contributed by atoms with E-state index in [-0.39, 0.29) is 17.7 Å². The minimum atomic E-state index is -0.836. The molecule has 2 rings (SSSR count). The van der Waals surface area contributed by atoms with Gasteiger partial charge < -0.3 is 10.4 Å². The molecule has 2 fully saturated rings. The number of carboxylic acid groups (broad SMARTS) is 1. The minimum absolute atomic E-state index is 0.161. The number of hydrogen-bond acceptors (Lipinski definition) is 2. The number of carboxylic acids is 1. The van der Waals surface area contributed by atoms with Crippen molar-refractivity contribution in [3.63, 3.8) is 0 Å². The largest absolute Gasteiger partial charge is 0.481 e. The summed E-state index contributed by atoms with van der Waals surface area (Å²) in [5.41, 5.74) is -0.637. The fraction of sp³-hybridized carbons (Fsp3) is 0.750. The predicted molar refractivity (Wildman–Crippen MR) is 75.7 cm³/mol. The van der Waals surface area contributed by atoms with E-state index < -0.39 is 23.3 Å². The molecule has 1 amide bonds. The number of hydrogen-bond donors (Lipinski definition) is 2. The second-order valence-electron chi connectivity index (χ2n) is 6.15. The van der Waals surface area contributed by atoms with Crippen LogP contribution in [0.15, 0.2) is 0 Å². The lowest BCUT2D eigenvalue weighted by Crippen LogP contribution is -2.51. The summed E-state index contributed by atoms with van der Waals surface area (Å²) in [5.74, 6) is 1.12. The maximum atomic E-state index is 12.6. The van der Waals surface area contributed by atoms with Crippen molar-refractivity contribution in [3.8, 4) is 12.3 Å². The average Bonchev–Trinajstić information content (AvgIpc) is 3.05. The molecule has 0 spiro atoms. The minimum Gasteiger partial charge on any atom is -0.481 e. The van der Waals surface area contributed by atoms with Crippen molar-refractivity contribution in [1.29, 1.82) is 0 Å². The Morgan fingerprint density at radius 3 is 2.25 bits per heavy atom. The highest BCUT2D eigenvalue weighted by molar-refractivity contribution is 5.87. The van der Waals surface area contributed by atoms with Crippen molar-refractivity contribution in [2.24, 2.45) is 23.7 Å². The first-order chi connectivity index (χ1) is 9.48. The van der Waals surface area contributed by atoms with Gasteiger partial charge in [0.1, 0.15) is 5.54 Å². The first-order valence-electron chi connectivity index (χ1n) is 7.50. The van der Waals surface area contributed by atoms with Crippen molar-refractivity contribution in [2.45, 2.75) is 51.5 Å². The van der Waals surface area contributed by atoms with Crippen molar-refractivity contribution in [2.75, 3.05) is 0 Å². The number of nitrogens with one attached hydrogen (secondary N) is 1. The summed E-state index contributed by atoms with van der Waals surface area (Å²) in [6, 6.07) is 0. The van der Waals surface area contributed by atoms with Gasteiger partial charge in [0, 0.05) is 0 Å². The summed E-state index contributed by atoms with van der Waals surface area (Å²) < 4.78 is 0. The molecular formula is C16H23NO3. The molecule has 2 aliphatic rings. The van der Waals surface area contributed by atoms with Crippen molar-refractivity contribution in [1.82, 2.24) is 5.32 Å². The lowest BCUT2D eigenvalue weighted by molar-refractivity contribution is -0.149. The molecule has 0 heterocycles. The number of terminal acetylenes is 1. The lowest BCUT2D eigenvalue weighted by Gasteiger charge is -2.33. The van der Waals surface area contributed by atoms with E-state index in [0.717, 1.165) is 19.3 Å². The second-order valence-corrected chi connectivity index (χ2v) is 6.15. The van der Waals surface area contributed by atoms with Crippen LogP contribution in [0.2, 0.25) is 0 Å². The van der Waals surface area contributed by atoms with Crippen LogP contribution in [0.4, 0.5) is 0 Å². The first-order valence-corrected chi connectivity index (χ1v) is 7.50. The molecule has 4 heteroatoms. The van der Waals surface area contributed by atoms with Gasteiger partial charge in [-0.05, 0) is 43.9 Å². The quantitative estimate of drug-likeness (QED) is 0.756. The maximum Gasteiger partial charge on any atom is 0.307 e. The Balaban J connectivity index is 2.16. The molecule has 2 N–H and O–H groups in total. The zero-order valence-electron chi connectivity index (χ0n) is 12.2. The summed E-state index contributed by atoms with van der Waals surface area (Å²) in [6.45, 7) is 3.89. The van der Waals surface area contributed by atoms with Crippen LogP contribution in [0.5, 0.6) is 0 Å². The fourth-order valence-corrected chi connectivity index (χ4v) is 4.01. The van der Waals surface area contributed by atoms with Gasteiger partial charge in [-0.15, -0.1) is 6.42 Å². The van der Waals surface area contributed by atoms with Gasteiger partial charge in [0.2, 0.25) is 5.91 Å². The van der Waals surface area contributed by atoms with Gasteiger partial charge in [0.25, 0.3) is 0 Å². The smallest absolute Gasteiger partial charge is 0.307 e. The van der Waals surface area contributed by atoms with E-state index >= 15 is 0 Å². The van der Waals surface area contributed by atoms with Gasteiger partial charge in [-0.2, -0.15) is 0 Å². The van der Waals surface area contributed by atoms with Crippen LogP contribution in [0.25, 0.3) is 0 Å². The highest BCUT2D eigenvalue weighted by Crippen LogP contribution is 2.52. The van der Waals surface area contributed by atoms with Crippen molar-refractivity contribution < 1.29 is 14.7 Å². The molecule has 4 nitrogen and oxygen atoms in total. The maximum absolute atomic E-state index is 12.6. The van der Waals surface area contributed by atoms with Crippen LogP contribution in [-0.4, -0.2) is 22.5 Å². The van der Waals surface area contributed by atoms with E-state index in [1.165, 1.54) is 0 Å². The van der Waals surface area contributed by atoms with E-state index in [1.54, 1.807) is 0 Å². The Bertz CT molecular complexity index is 447. The van der Waals surface area contributed by atoms with Crippen LogP contribution in [0, 0.1) is 36.0 Å². The van der Waals surface area contributed by atoms with E-state index in [2.05, 4.69) is 11.2 Å². The van der Waals surface area contributed by atoms with Crippen LogP contribution < -0.4 is 5.32 Å². The molecule has 0 aliphatic heterocycles. The highest BCUT2D eigenvalue weighted by atomic mass is 16.4. The number of rotatable bonds is 5. The number of carbonyl (C=O) groups excluding carboxylic acids is 1. The molecule has 0 aromatic rings. The monoisotopic (exact) mass is 277 g/mol. The van der Waals surface area contributed by atoms with Crippen LogP contribution >= 0.6 is 0 Å². The summed E-state index contributed by atoms with van der Waals surface area (Å²) in [6.07, 6.45) is 9.65. The van der Waals surface area contributed by atoms with Gasteiger partial charge in [-0.25, -0.2) is 0 Å². The van der Waals surface area contributed by atoms with E-state index in [1.807, 2.05) is 13.8 Å². The molecule has 0 saturated heterocycles. The van der Waals surface area contributed by atoms with Gasteiger partial charge in [0.05, 0.1) is 11.8 Å². The van der Waals surface area contributed by atoms with E-state index in [0.29, 0.717) is 12.8 Å². The fourth-order valence-electron chi connectivity index (χ4n) is 4.01. The summed E-state index contributed by atoms with van der Waals surface area (Å²) >= 11 is 0. The number of carbonyl (C=O) groups is 2. The number of fused-ring (bicyclic) bond motifs is 2. The molecule has 2 aliphatic carbocycles. The molecule has 0 aromatic heterocycles. The third kappa shape index (κ3) is 2.30. The zero-order chi connectivity index (χ0) is 14.9. The Morgan fingerprint density at radius 2 is 1.80 bits per heavy atom. The van der Waals surface area contributed by atoms with Crippen LogP contribution in [0.1, 0.15) is 46.0 Å². The molecule has 2 bridgehead atoms. The molecular weight excluding hydrogens is 254 g/mol. The molecule has 0 radical (unpaired) electrons. The second kappa shape index (κ2) is 5.47. The van der Waals surface area contributed by atoms with Crippen LogP contribution in [0.3, 0.4) is 0 Å². The molecule has 2 saturated carbocycles. The third-order valence-electron chi connectivity index (χ3n) is 5.35. The Morgan fingerprint density at radius 1 is 1.25 bits per heavy atom.